The summed E-state index contributed by atoms with van der Waals surface area (Å²) >= 11 is 0. The smallest absolute Gasteiger partial charge is 0.160 e. The first kappa shape index (κ1) is 25.2. The molecule has 2 aliphatic carbocycles. The molecule has 3 N–H and O–H groups in total. The average molecular weight is 542 g/mol. The van der Waals surface area contributed by atoms with E-state index in [9.17, 15) is 5.11 Å². The fraction of sp³-hybridized carbons (Fsp3) is 0.625. The lowest BCUT2D eigenvalue weighted by molar-refractivity contribution is -0.0569. The first-order valence-electron chi connectivity index (χ1n) is 15.7. The number of para-hydroxylation sites is 1. The third kappa shape index (κ3) is 4.18. The molecule has 0 amide bonds. The van der Waals surface area contributed by atoms with Gasteiger partial charge in [0.05, 0.1) is 5.69 Å². The molecular formula is C32H43N7O. The van der Waals surface area contributed by atoms with E-state index < -0.39 is 0 Å². The number of rotatable bonds is 4. The zero-order chi connectivity index (χ0) is 26.8. The zero-order valence-corrected chi connectivity index (χ0v) is 23.8. The van der Waals surface area contributed by atoms with E-state index in [1.807, 2.05) is 18.2 Å². The molecule has 2 saturated heterocycles. The molecule has 8 rings (SSSR count). The van der Waals surface area contributed by atoms with Crippen LogP contribution in [-0.4, -0.2) is 98.9 Å². The predicted molar refractivity (Wildman–Crippen MR) is 157 cm³/mol. The van der Waals surface area contributed by atoms with Crippen molar-refractivity contribution in [1.29, 1.82) is 0 Å². The second-order valence-corrected chi connectivity index (χ2v) is 13.4. The van der Waals surface area contributed by atoms with Crippen LogP contribution in [-0.2, 0) is 6.42 Å². The van der Waals surface area contributed by atoms with Gasteiger partial charge in [0, 0.05) is 93.0 Å². The van der Waals surface area contributed by atoms with Crippen molar-refractivity contribution in [2.45, 2.75) is 76.0 Å². The molecule has 0 radical (unpaired) electrons. The second kappa shape index (κ2) is 9.79. The summed E-state index contributed by atoms with van der Waals surface area (Å²) in [7, 11) is 0. The van der Waals surface area contributed by atoms with Crippen LogP contribution in [0.2, 0.25) is 0 Å². The number of aromatic nitrogens is 3. The Kier molecular flexibility index (Phi) is 6.17. The number of fused-ring (bicyclic) bond motifs is 3. The minimum atomic E-state index is 0.246. The molecular weight excluding hydrogens is 498 g/mol. The molecule has 2 saturated carbocycles. The fourth-order valence-corrected chi connectivity index (χ4v) is 8.85. The summed E-state index contributed by atoms with van der Waals surface area (Å²) in [6, 6.07) is 12.1. The molecule has 3 aliphatic heterocycles. The molecule has 8 heteroatoms. The third-order valence-corrected chi connectivity index (χ3v) is 11.2. The number of nitrogens with one attached hydrogen (secondary N) is 2. The first-order valence-corrected chi connectivity index (χ1v) is 15.7. The molecule has 5 aliphatic rings. The minimum Gasteiger partial charge on any atom is -0.507 e. The molecule has 0 unspecified atom stereocenters. The topological polar surface area (TPSA) is 83.5 Å². The van der Waals surface area contributed by atoms with Gasteiger partial charge in [-0.25, -0.2) is 0 Å². The number of H-pyrrole nitrogens is 1. The lowest BCUT2D eigenvalue weighted by Gasteiger charge is -2.58. The molecule has 1 aromatic carbocycles. The first-order chi connectivity index (χ1) is 19.6. The molecule has 212 valence electrons. The monoisotopic (exact) mass is 541 g/mol. The predicted octanol–water partition coefficient (Wildman–Crippen LogP) is 3.93. The van der Waals surface area contributed by atoms with Crippen LogP contribution in [0.25, 0.3) is 22.3 Å². The van der Waals surface area contributed by atoms with E-state index in [-0.39, 0.29) is 5.75 Å². The third-order valence-electron chi connectivity index (χ3n) is 11.2. The summed E-state index contributed by atoms with van der Waals surface area (Å²) in [6.07, 6.45) is 9.15. The van der Waals surface area contributed by atoms with Gasteiger partial charge in [0.2, 0.25) is 0 Å². The van der Waals surface area contributed by atoms with Crippen molar-refractivity contribution in [3.8, 4) is 17.0 Å². The van der Waals surface area contributed by atoms with E-state index in [0.717, 1.165) is 47.3 Å². The normalized spacial score (nSPS) is 29.8. The molecule has 4 fully saturated rings. The van der Waals surface area contributed by atoms with Gasteiger partial charge in [-0.3, -0.25) is 14.7 Å². The van der Waals surface area contributed by atoms with Crippen molar-refractivity contribution in [2.24, 2.45) is 5.41 Å². The van der Waals surface area contributed by atoms with Gasteiger partial charge < -0.3 is 15.4 Å². The molecule has 0 bridgehead atoms. The van der Waals surface area contributed by atoms with Crippen molar-refractivity contribution in [3.63, 3.8) is 0 Å². The highest BCUT2D eigenvalue weighted by molar-refractivity contribution is 5.86. The van der Waals surface area contributed by atoms with Gasteiger partial charge in [-0.15, -0.1) is 10.2 Å². The van der Waals surface area contributed by atoms with Gasteiger partial charge in [-0.2, -0.15) is 0 Å². The number of aromatic amines is 1. The van der Waals surface area contributed by atoms with Crippen molar-refractivity contribution in [2.75, 3.05) is 45.8 Å². The van der Waals surface area contributed by atoms with Gasteiger partial charge in [0.15, 0.2) is 5.65 Å². The van der Waals surface area contributed by atoms with Crippen LogP contribution in [0.5, 0.6) is 5.75 Å². The van der Waals surface area contributed by atoms with Crippen molar-refractivity contribution < 1.29 is 5.11 Å². The largest absolute Gasteiger partial charge is 0.507 e. The molecule has 1 atom stereocenters. The van der Waals surface area contributed by atoms with Gasteiger partial charge >= 0.3 is 0 Å². The lowest BCUT2D eigenvalue weighted by Crippen LogP contribution is -2.67. The number of phenols is 1. The summed E-state index contributed by atoms with van der Waals surface area (Å²) in [5.74, 6) is 0.246. The maximum absolute atomic E-state index is 10.4. The standard InChI is InChI=1S/C32H43N7O/c1-21-30-26-16-28(25-4-2-3-5-29(25)40)35-36-31(26)34-27(30)10-11-39(21)23-8-6-22(7-9-23)37-12-14-38(15-13-37)24-17-32(18-24)19-33-20-32/h2-5,16,21-24,33,40H,6-15,17-20H2,1H3,(H,34,36)/t21-,22-,23+/m1/s1. The Morgan fingerprint density at radius 3 is 2.27 bits per heavy atom. The van der Waals surface area contributed by atoms with Gasteiger partial charge in [0.25, 0.3) is 0 Å². The van der Waals surface area contributed by atoms with Gasteiger partial charge in [-0.1, -0.05) is 12.1 Å². The van der Waals surface area contributed by atoms with Crippen LogP contribution in [0.4, 0.5) is 0 Å². The van der Waals surface area contributed by atoms with E-state index in [2.05, 4.69) is 48.2 Å². The number of nitrogens with zero attached hydrogens (tertiary/aromatic N) is 5. The molecule has 1 spiro atoms. The molecule has 2 aromatic heterocycles. The Labute approximate surface area is 237 Å². The minimum absolute atomic E-state index is 0.246. The van der Waals surface area contributed by atoms with Crippen LogP contribution in [0.3, 0.4) is 0 Å². The summed E-state index contributed by atoms with van der Waals surface area (Å²) in [5, 5.41) is 24.0. The molecule has 8 nitrogen and oxygen atoms in total. The van der Waals surface area contributed by atoms with E-state index in [4.69, 9.17) is 0 Å². The summed E-state index contributed by atoms with van der Waals surface area (Å²) < 4.78 is 0. The molecule has 5 heterocycles. The van der Waals surface area contributed by atoms with E-state index in [1.165, 1.54) is 89.1 Å². The summed E-state index contributed by atoms with van der Waals surface area (Å²) in [6.45, 7) is 11.1. The van der Waals surface area contributed by atoms with Crippen LogP contribution in [0.15, 0.2) is 30.3 Å². The van der Waals surface area contributed by atoms with Crippen LogP contribution in [0, 0.1) is 5.41 Å². The summed E-state index contributed by atoms with van der Waals surface area (Å²) in [5.41, 5.74) is 5.69. The van der Waals surface area contributed by atoms with Crippen LogP contribution < -0.4 is 5.32 Å². The Morgan fingerprint density at radius 2 is 1.57 bits per heavy atom. The Morgan fingerprint density at radius 1 is 0.875 bits per heavy atom. The second-order valence-electron chi connectivity index (χ2n) is 13.4. The van der Waals surface area contributed by atoms with E-state index in [0.29, 0.717) is 17.5 Å². The number of hydrogen-bond donors (Lipinski definition) is 3. The van der Waals surface area contributed by atoms with Crippen molar-refractivity contribution in [3.05, 3.63) is 41.6 Å². The fourth-order valence-electron chi connectivity index (χ4n) is 8.85. The van der Waals surface area contributed by atoms with Crippen LogP contribution in [0.1, 0.15) is 62.7 Å². The number of piperazine rings is 1. The molecule has 40 heavy (non-hydrogen) atoms. The van der Waals surface area contributed by atoms with E-state index >= 15 is 0 Å². The Hall–Kier alpha value is -2.52. The highest BCUT2D eigenvalue weighted by Crippen LogP contribution is 2.47. The quantitative estimate of drug-likeness (QED) is 0.462. The highest BCUT2D eigenvalue weighted by Gasteiger charge is 2.50. The number of aromatic hydroxyl groups is 1. The Bertz CT molecular complexity index is 1380. The molecule has 3 aromatic rings. The highest BCUT2D eigenvalue weighted by atomic mass is 16.3. The van der Waals surface area contributed by atoms with Gasteiger partial charge in [0.1, 0.15) is 5.75 Å². The van der Waals surface area contributed by atoms with Crippen molar-refractivity contribution >= 4 is 11.0 Å². The number of hydrogen-bond acceptors (Lipinski definition) is 7. The number of benzene rings is 1. The lowest BCUT2D eigenvalue weighted by atomic mass is 9.61. The van der Waals surface area contributed by atoms with E-state index in [1.54, 1.807) is 6.07 Å². The number of phenolic OH excluding ortho intramolecular Hbond substituents is 1. The maximum Gasteiger partial charge on any atom is 0.160 e. The van der Waals surface area contributed by atoms with Crippen molar-refractivity contribution in [1.82, 2.24) is 35.2 Å². The zero-order valence-electron chi connectivity index (χ0n) is 23.8. The average Bonchev–Trinajstić information content (AvgIpc) is 3.31. The van der Waals surface area contributed by atoms with Gasteiger partial charge in [-0.05, 0) is 74.6 Å². The maximum atomic E-state index is 10.4. The van der Waals surface area contributed by atoms with Crippen LogP contribution >= 0.6 is 0 Å². The SMILES string of the molecule is C[C@@H]1c2c([nH]c3nnc(-c4ccccc4O)cc23)CCN1[C@H]1CC[C@@H](N2CCN(C3CC4(CNC4)C3)CC2)CC1. The Balaban J connectivity index is 0.910. The summed E-state index contributed by atoms with van der Waals surface area (Å²) in [4.78, 5) is 12.0.